The Kier molecular flexibility index (Phi) is 5.99. The Labute approximate surface area is 103 Å². The third kappa shape index (κ3) is 6.81. The fourth-order valence-electron chi connectivity index (χ4n) is 1.16. The zero-order valence-corrected chi connectivity index (χ0v) is 11.5. The van der Waals surface area contributed by atoms with Crippen molar-refractivity contribution in [2.45, 2.75) is 53.2 Å². The van der Waals surface area contributed by atoms with E-state index in [2.05, 4.69) is 5.32 Å². The predicted molar refractivity (Wildman–Crippen MR) is 64.6 cm³/mol. The van der Waals surface area contributed by atoms with E-state index >= 15 is 0 Å². The van der Waals surface area contributed by atoms with Crippen LogP contribution < -0.4 is 5.32 Å². The molecule has 0 rings (SSSR count). The number of esters is 1. The molecule has 1 N–H and O–H groups in total. The van der Waals surface area contributed by atoms with Crippen molar-refractivity contribution < 1.29 is 19.1 Å². The third-order valence-electron chi connectivity index (χ3n) is 1.88. The fourth-order valence-corrected chi connectivity index (χ4v) is 1.16. The largest absolute Gasteiger partial charge is 0.458 e. The van der Waals surface area contributed by atoms with Crippen LogP contribution in [0.2, 0.25) is 0 Å². The van der Waals surface area contributed by atoms with Gasteiger partial charge in [-0.1, -0.05) is 13.8 Å². The summed E-state index contributed by atoms with van der Waals surface area (Å²) in [5.41, 5.74) is -0.569. The minimum atomic E-state index is -0.687. The van der Waals surface area contributed by atoms with Gasteiger partial charge in [0.25, 0.3) is 0 Å². The first-order valence-corrected chi connectivity index (χ1v) is 5.83. The molecule has 0 aromatic heterocycles. The molecule has 0 aliphatic carbocycles. The van der Waals surface area contributed by atoms with E-state index in [-0.39, 0.29) is 12.5 Å². The minimum Gasteiger partial charge on any atom is -0.458 e. The highest BCUT2D eigenvalue weighted by Crippen LogP contribution is 2.12. The average Bonchev–Trinajstić information content (AvgIpc) is 2.11. The van der Waals surface area contributed by atoms with Gasteiger partial charge in [-0.2, -0.15) is 0 Å². The third-order valence-corrected chi connectivity index (χ3v) is 1.88. The van der Waals surface area contributed by atoms with Crippen LogP contribution in [0, 0.1) is 5.92 Å². The number of nitrogens with one attached hydrogen (secondary N) is 1. The van der Waals surface area contributed by atoms with Crippen molar-refractivity contribution in [3.05, 3.63) is 0 Å². The summed E-state index contributed by atoms with van der Waals surface area (Å²) in [5.74, 6) is -0.505. The van der Waals surface area contributed by atoms with Crippen molar-refractivity contribution in [1.29, 1.82) is 0 Å². The molecule has 0 fully saturated rings. The lowest BCUT2D eigenvalue weighted by molar-refractivity contribution is -0.158. The van der Waals surface area contributed by atoms with E-state index in [1.165, 1.54) is 0 Å². The zero-order chi connectivity index (χ0) is 13.6. The van der Waals surface area contributed by atoms with Gasteiger partial charge in [-0.15, -0.1) is 0 Å². The Morgan fingerprint density at radius 3 is 2.12 bits per heavy atom. The van der Waals surface area contributed by atoms with Crippen LogP contribution in [0.3, 0.4) is 0 Å². The molecule has 0 spiro atoms. The van der Waals surface area contributed by atoms with Crippen LogP contribution in [0.1, 0.15) is 41.5 Å². The predicted octanol–water partition coefficient (Wildman–Crippen LogP) is 2.10. The lowest BCUT2D eigenvalue weighted by Gasteiger charge is -2.26. The number of hydrogen-bond acceptors (Lipinski definition) is 4. The molecule has 17 heavy (non-hydrogen) atoms. The average molecular weight is 245 g/mol. The molecule has 1 unspecified atom stereocenters. The molecule has 0 saturated heterocycles. The van der Waals surface area contributed by atoms with Crippen LogP contribution in [-0.4, -0.2) is 30.3 Å². The Hall–Kier alpha value is -1.26. The Bertz CT molecular complexity index is 268. The second kappa shape index (κ2) is 6.47. The number of rotatable bonds is 4. The van der Waals surface area contributed by atoms with Crippen molar-refractivity contribution in [1.82, 2.24) is 5.32 Å². The molecule has 0 heterocycles. The van der Waals surface area contributed by atoms with E-state index in [1.54, 1.807) is 27.7 Å². The lowest BCUT2D eigenvalue weighted by atomic mass is 10.0. The van der Waals surface area contributed by atoms with E-state index < -0.39 is 23.7 Å². The first kappa shape index (κ1) is 15.7. The van der Waals surface area contributed by atoms with Crippen LogP contribution in [0.15, 0.2) is 0 Å². The molecule has 0 aromatic rings. The molecule has 0 aliphatic rings. The summed E-state index contributed by atoms with van der Waals surface area (Å²) in [6.07, 6.45) is -0.600. The molecule has 0 radical (unpaired) electrons. The van der Waals surface area contributed by atoms with E-state index in [0.29, 0.717) is 0 Å². The molecule has 100 valence electrons. The highest BCUT2D eigenvalue weighted by molar-refractivity contribution is 5.81. The summed E-state index contributed by atoms with van der Waals surface area (Å²) in [6, 6.07) is -0.687. The van der Waals surface area contributed by atoms with Crippen LogP contribution in [0.25, 0.3) is 0 Å². The molecule has 1 atom stereocenters. The fraction of sp³-hybridized carbons (Fsp3) is 0.833. The summed E-state index contributed by atoms with van der Waals surface area (Å²) in [5, 5.41) is 2.50. The van der Waals surface area contributed by atoms with Crippen molar-refractivity contribution in [3.8, 4) is 0 Å². The molecule has 1 amide bonds. The van der Waals surface area contributed by atoms with E-state index in [4.69, 9.17) is 9.47 Å². The van der Waals surface area contributed by atoms with Gasteiger partial charge >= 0.3 is 12.1 Å². The summed E-state index contributed by atoms with van der Waals surface area (Å²) in [6.45, 7) is 11.0. The monoisotopic (exact) mass is 245 g/mol. The van der Waals surface area contributed by atoms with E-state index in [9.17, 15) is 9.59 Å². The number of hydrogen-bond donors (Lipinski definition) is 1. The maximum Gasteiger partial charge on any atom is 0.407 e. The van der Waals surface area contributed by atoms with Crippen LogP contribution in [0.4, 0.5) is 4.79 Å². The van der Waals surface area contributed by atoms with Gasteiger partial charge in [0, 0.05) is 0 Å². The Balaban J connectivity index is 4.53. The van der Waals surface area contributed by atoms with Crippen molar-refractivity contribution >= 4 is 12.1 Å². The standard InChI is InChI=1S/C12H23NO4/c1-7-16-11(15)13-9(8(2)3)10(14)17-12(4,5)6/h8-9H,7H2,1-6H3,(H,13,15). The van der Waals surface area contributed by atoms with Crippen LogP contribution in [0.5, 0.6) is 0 Å². The minimum absolute atomic E-state index is 0.0609. The van der Waals surface area contributed by atoms with Crippen LogP contribution in [-0.2, 0) is 14.3 Å². The number of carbonyl (C=O) groups is 2. The molecule has 0 bridgehead atoms. The van der Waals surface area contributed by atoms with E-state index in [1.807, 2.05) is 13.8 Å². The number of alkyl carbamates (subject to hydrolysis) is 1. The van der Waals surface area contributed by atoms with Gasteiger partial charge in [0.15, 0.2) is 0 Å². The SMILES string of the molecule is CCOC(=O)NC(C(=O)OC(C)(C)C)C(C)C. The molecular formula is C12H23NO4. The van der Waals surface area contributed by atoms with Gasteiger partial charge in [-0.05, 0) is 33.6 Å². The highest BCUT2D eigenvalue weighted by Gasteiger charge is 2.29. The normalized spacial score (nSPS) is 13.1. The summed E-state index contributed by atoms with van der Waals surface area (Å²) >= 11 is 0. The van der Waals surface area contributed by atoms with Gasteiger partial charge in [0.2, 0.25) is 0 Å². The molecule has 0 saturated carbocycles. The van der Waals surface area contributed by atoms with Gasteiger partial charge in [0.05, 0.1) is 6.61 Å². The second-order valence-corrected chi connectivity index (χ2v) is 5.12. The molecule has 0 aromatic carbocycles. The highest BCUT2D eigenvalue weighted by atomic mass is 16.6. The van der Waals surface area contributed by atoms with Crippen molar-refractivity contribution in [2.75, 3.05) is 6.61 Å². The van der Waals surface area contributed by atoms with Crippen LogP contribution >= 0.6 is 0 Å². The molecular weight excluding hydrogens is 222 g/mol. The first-order valence-electron chi connectivity index (χ1n) is 5.83. The topological polar surface area (TPSA) is 64.6 Å². The summed E-state index contributed by atoms with van der Waals surface area (Å²) in [4.78, 5) is 23.1. The van der Waals surface area contributed by atoms with E-state index in [0.717, 1.165) is 0 Å². The van der Waals surface area contributed by atoms with Crippen molar-refractivity contribution in [2.24, 2.45) is 5.92 Å². The second-order valence-electron chi connectivity index (χ2n) is 5.12. The first-order chi connectivity index (χ1) is 7.67. The molecule has 0 aliphatic heterocycles. The summed E-state index contributed by atoms with van der Waals surface area (Å²) in [7, 11) is 0. The number of ether oxygens (including phenoxy) is 2. The lowest BCUT2D eigenvalue weighted by Crippen LogP contribution is -2.47. The maximum atomic E-state index is 11.8. The Morgan fingerprint density at radius 1 is 1.24 bits per heavy atom. The smallest absolute Gasteiger partial charge is 0.407 e. The molecule has 5 nitrogen and oxygen atoms in total. The molecule has 5 heteroatoms. The van der Waals surface area contributed by atoms with Gasteiger partial charge in [0.1, 0.15) is 11.6 Å². The van der Waals surface area contributed by atoms with Crippen molar-refractivity contribution in [3.63, 3.8) is 0 Å². The van der Waals surface area contributed by atoms with Gasteiger partial charge in [-0.25, -0.2) is 9.59 Å². The number of carbonyl (C=O) groups excluding carboxylic acids is 2. The van der Waals surface area contributed by atoms with Gasteiger partial charge in [-0.3, -0.25) is 0 Å². The van der Waals surface area contributed by atoms with Gasteiger partial charge < -0.3 is 14.8 Å². The maximum absolute atomic E-state index is 11.8. The Morgan fingerprint density at radius 2 is 1.76 bits per heavy atom. The summed E-state index contributed by atoms with van der Waals surface area (Å²) < 4.78 is 9.98. The quantitative estimate of drug-likeness (QED) is 0.770. The number of amides is 1. The zero-order valence-electron chi connectivity index (χ0n) is 11.5.